The van der Waals surface area contributed by atoms with Crippen LogP contribution in [0.1, 0.15) is 42.9 Å². The van der Waals surface area contributed by atoms with Gasteiger partial charge in [0.05, 0.1) is 0 Å². The first kappa shape index (κ1) is 14.8. The van der Waals surface area contributed by atoms with Crippen molar-refractivity contribution in [3.05, 3.63) is 71.3 Å². The predicted molar refractivity (Wildman–Crippen MR) is 87.0 cm³/mol. The van der Waals surface area contributed by atoms with Crippen LogP contribution in [0.3, 0.4) is 0 Å². The van der Waals surface area contributed by atoms with Crippen LogP contribution in [-0.4, -0.2) is 6.04 Å². The molecule has 2 atom stereocenters. The molecule has 0 saturated carbocycles. The molecule has 0 aliphatic carbocycles. The Morgan fingerprint density at radius 1 is 0.850 bits per heavy atom. The van der Waals surface area contributed by atoms with Crippen LogP contribution in [0, 0.1) is 0 Å². The Kier molecular flexibility index (Phi) is 5.37. The number of nitrogens with two attached hydrogens (primary N) is 1. The normalized spacial score (nSPS) is 13.9. The molecular weight excluding hydrogens is 242 g/mol. The standard InChI is InChI=1S/C19H25N/c1-3-15-10-12-16(13-11-15)14-19(20)18(4-2)17-8-6-5-7-9-17/h5-13,18-19H,3-4,14,20H2,1-2H3. The molecule has 2 aromatic rings. The van der Waals surface area contributed by atoms with E-state index in [-0.39, 0.29) is 6.04 Å². The molecule has 2 N–H and O–H groups in total. The molecule has 0 radical (unpaired) electrons. The summed E-state index contributed by atoms with van der Waals surface area (Å²) in [7, 11) is 0. The van der Waals surface area contributed by atoms with E-state index in [2.05, 4.69) is 68.4 Å². The minimum Gasteiger partial charge on any atom is -0.327 e. The molecule has 0 bridgehead atoms. The van der Waals surface area contributed by atoms with Gasteiger partial charge in [-0.2, -0.15) is 0 Å². The highest BCUT2D eigenvalue weighted by Gasteiger charge is 2.18. The average molecular weight is 267 g/mol. The van der Waals surface area contributed by atoms with Crippen molar-refractivity contribution in [1.29, 1.82) is 0 Å². The van der Waals surface area contributed by atoms with Gasteiger partial charge in [-0.1, -0.05) is 68.4 Å². The molecule has 0 aromatic heterocycles. The highest BCUT2D eigenvalue weighted by molar-refractivity contribution is 5.26. The molecule has 0 amide bonds. The number of hydrogen-bond donors (Lipinski definition) is 1. The van der Waals surface area contributed by atoms with Gasteiger partial charge in [0.25, 0.3) is 0 Å². The first-order chi connectivity index (χ1) is 9.74. The highest BCUT2D eigenvalue weighted by Crippen LogP contribution is 2.24. The van der Waals surface area contributed by atoms with Gasteiger partial charge in [0, 0.05) is 6.04 Å². The first-order valence-corrected chi connectivity index (χ1v) is 7.63. The Bertz CT molecular complexity index is 501. The van der Waals surface area contributed by atoms with E-state index in [0.717, 1.165) is 19.3 Å². The van der Waals surface area contributed by atoms with Crippen molar-refractivity contribution in [2.75, 3.05) is 0 Å². The molecule has 106 valence electrons. The van der Waals surface area contributed by atoms with E-state index >= 15 is 0 Å². The molecule has 2 aromatic carbocycles. The summed E-state index contributed by atoms with van der Waals surface area (Å²) in [6.07, 6.45) is 3.11. The molecule has 20 heavy (non-hydrogen) atoms. The van der Waals surface area contributed by atoms with Gasteiger partial charge in [0.2, 0.25) is 0 Å². The van der Waals surface area contributed by atoms with E-state index in [1.165, 1.54) is 16.7 Å². The molecule has 2 rings (SSSR count). The van der Waals surface area contributed by atoms with Gasteiger partial charge >= 0.3 is 0 Å². The van der Waals surface area contributed by atoms with Crippen LogP contribution in [0.4, 0.5) is 0 Å². The molecule has 0 aliphatic rings. The minimum atomic E-state index is 0.176. The summed E-state index contributed by atoms with van der Waals surface area (Å²) >= 11 is 0. The number of hydrogen-bond acceptors (Lipinski definition) is 1. The summed E-state index contributed by atoms with van der Waals surface area (Å²) in [6.45, 7) is 4.40. The second-order valence-corrected chi connectivity index (χ2v) is 5.46. The van der Waals surface area contributed by atoms with Crippen molar-refractivity contribution in [3.8, 4) is 0 Å². The van der Waals surface area contributed by atoms with E-state index in [1.54, 1.807) is 0 Å². The van der Waals surface area contributed by atoms with Crippen LogP contribution in [0.15, 0.2) is 54.6 Å². The van der Waals surface area contributed by atoms with Crippen LogP contribution in [0.5, 0.6) is 0 Å². The smallest absolute Gasteiger partial charge is 0.0148 e. The SMILES string of the molecule is CCc1ccc(CC(N)C(CC)c2ccccc2)cc1. The minimum absolute atomic E-state index is 0.176. The summed E-state index contributed by atoms with van der Waals surface area (Å²) in [5, 5.41) is 0. The Hall–Kier alpha value is -1.60. The maximum Gasteiger partial charge on any atom is 0.0148 e. The largest absolute Gasteiger partial charge is 0.327 e. The Morgan fingerprint density at radius 3 is 2.00 bits per heavy atom. The van der Waals surface area contributed by atoms with Gasteiger partial charge in [0.1, 0.15) is 0 Å². The molecule has 0 aliphatic heterocycles. The molecule has 0 fully saturated rings. The predicted octanol–water partition coefficient (Wildman–Crippen LogP) is 4.31. The monoisotopic (exact) mass is 267 g/mol. The fourth-order valence-electron chi connectivity index (χ4n) is 2.81. The van der Waals surface area contributed by atoms with Crippen LogP contribution < -0.4 is 5.73 Å². The Morgan fingerprint density at radius 2 is 1.45 bits per heavy atom. The molecule has 1 heteroatoms. The quantitative estimate of drug-likeness (QED) is 0.829. The summed E-state index contributed by atoms with van der Waals surface area (Å²) in [5.41, 5.74) is 10.5. The molecule has 0 heterocycles. The first-order valence-electron chi connectivity index (χ1n) is 7.63. The van der Waals surface area contributed by atoms with E-state index in [4.69, 9.17) is 5.73 Å². The number of aryl methyl sites for hydroxylation is 1. The van der Waals surface area contributed by atoms with Gasteiger partial charge < -0.3 is 5.73 Å². The van der Waals surface area contributed by atoms with Crippen LogP contribution >= 0.6 is 0 Å². The second kappa shape index (κ2) is 7.25. The summed E-state index contributed by atoms with van der Waals surface area (Å²) in [4.78, 5) is 0. The summed E-state index contributed by atoms with van der Waals surface area (Å²) in [6, 6.07) is 19.7. The van der Waals surface area contributed by atoms with Gasteiger partial charge in [0.15, 0.2) is 0 Å². The zero-order chi connectivity index (χ0) is 14.4. The zero-order valence-corrected chi connectivity index (χ0v) is 12.5. The third-order valence-corrected chi connectivity index (χ3v) is 4.09. The van der Waals surface area contributed by atoms with E-state index in [1.807, 2.05) is 0 Å². The number of rotatable bonds is 6. The van der Waals surface area contributed by atoms with Crippen molar-refractivity contribution in [2.24, 2.45) is 5.73 Å². The van der Waals surface area contributed by atoms with Gasteiger partial charge in [-0.25, -0.2) is 0 Å². The molecular formula is C19H25N. The lowest BCUT2D eigenvalue weighted by atomic mass is 9.86. The topological polar surface area (TPSA) is 26.0 Å². The van der Waals surface area contributed by atoms with Crippen LogP contribution in [0.25, 0.3) is 0 Å². The van der Waals surface area contributed by atoms with Crippen molar-refractivity contribution in [2.45, 2.75) is 45.1 Å². The molecule has 2 unspecified atom stereocenters. The Labute approximate surface area is 122 Å². The maximum absolute atomic E-state index is 6.46. The maximum atomic E-state index is 6.46. The summed E-state index contributed by atoms with van der Waals surface area (Å²) in [5.74, 6) is 0.432. The lowest BCUT2D eigenvalue weighted by Crippen LogP contribution is -2.30. The van der Waals surface area contributed by atoms with E-state index < -0.39 is 0 Å². The van der Waals surface area contributed by atoms with Crippen molar-refractivity contribution < 1.29 is 0 Å². The Balaban J connectivity index is 2.07. The third-order valence-electron chi connectivity index (χ3n) is 4.09. The molecule has 1 nitrogen and oxygen atoms in total. The third kappa shape index (κ3) is 3.71. The lowest BCUT2D eigenvalue weighted by Gasteiger charge is -2.23. The second-order valence-electron chi connectivity index (χ2n) is 5.46. The molecule has 0 saturated heterocycles. The van der Waals surface area contributed by atoms with Crippen molar-refractivity contribution >= 4 is 0 Å². The van der Waals surface area contributed by atoms with Gasteiger partial charge in [-0.3, -0.25) is 0 Å². The number of benzene rings is 2. The molecule has 0 spiro atoms. The van der Waals surface area contributed by atoms with Crippen molar-refractivity contribution in [3.63, 3.8) is 0 Å². The fourth-order valence-corrected chi connectivity index (χ4v) is 2.81. The zero-order valence-electron chi connectivity index (χ0n) is 12.5. The fraction of sp³-hybridized carbons (Fsp3) is 0.368. The van der Waals surface area contributed by atoms with Crippen LogP contribution in [-0.2, 0) is 12.8 Å². The van der Waals surface area contributed by atoms with Crippen LogP contribution in [0.2, 0.25) is 0 Å². The lowest BCUT2D eigenvalue weighted by molar-refractivity contribution is 0.515. The highest BCUT2D eigenvalue weighted by atomic mass is 14.6. The van der Waals surface area contributed by atoms with Gasteiger partial charge in [-0.05, 0) is 41.9 Å². The van der Waals surface area contributed by atoms with E-state index in [9.17, 15) is 0 Å². The average Bonchev–Trinajstić information content (AvgIpc) is 2.50. The van der Waals surface area contributed by atoms with Crippen molar-refractivity contribution in [1.82, 2.24) is 0 Å². The van der Waals surface area contributed by atoms with E-state index in [0.29, 0.717) is 5.92 Å². The van der Waals surface area contributed by atoms with Gasteiger partial charge in [-0.15, -0.1) is 0 Å². The summed E-state index contributed by atoms with van der Waals surface area (Å²) < 4.78 is 0.